The fourth-order valence-electron chi connectivity index (χ4n) is 2.96. The lowest BCUT2D eigenvalue weighted by Gasteiger charge is -2.32. The van der Waals surface area contributed by atoms with Crippen LogP contribution in [-0.4, -0.2) is 28.0 Å². The number of piperidine rings is 1. The van der Waals surface area contributed by atoms with Crippen molar-refractivity contribution in [2.75, 3.05) is 18.0 Å². The minimum absolute atomic E-state index is 0.174. The van der Waals surface area contributed by atoms with E-state index in [2.05, 4.69) is 19.9 Å². The van der Waals surface area contributed by atoms with Gasteiger partial charge in [-0.1, -0.05) is 12.1 Å². The van der Waals surface area contributed by atoms with Crippen molar-refractivity contribution in [1.82, 2.24) is 15.0 Å². The molecule has 4 rings (SSSR count). The molecule has 0 radical (unpaired) electrons. The van der Waals surface area contributed by atoms with Crippen LogP contribution < -0.4 is 4.90 Å². The zero-order valence-corrected chi connectivity index (χ0v) is 12.8. The number of benzene rings is 1. The molecule has 0 spiro atoms. The summed E-state index contributed by atoms with van der Waals surface area (Å²) in [4.78, 5) is 16.4. The molecule has 3 aromatic rings. The number of aromatic nitrogens is 3. The van der Waals surface area contributed by atoms with Crippen LogP contribution in [0.15, 0.2) is 36.0 Å². The van der Waals surface area contributed by atoms with Crippen LogP contribution in [0.5, 0.6) is 0 Å². The number of thiazole rings is 1. The minimum atomic E-state index is -0.174. The van der Waals surface area contributed by atoms with Gasteiger partial charge in [-0.15, -0.1) is 11.3 Å². The molecule has 0 N–H and O–H groups in total. The lowest BCUT2D eigenvalue weighted by Crippen LogP contribution is -2.34. The van der Waals surface area contributed by atoms with Crippen LogP contribution in [0.1, 0.15) is 24.3 Å². The molecule has 3 heterocycles. The van der Waals surface area contributed by atoms with Gasteiger partial charge in [-0.05, 0) is 36.5 Å². The molecule has 1 fully saturated rings. The third-order valence-corrected chi connectivity index (χ3v) is 4.93. The van der Waals surface area contributed by atoms with Gasteiger partial charge in [-0.2, -0.15) is 0 Å². The van der Waals surface area contributed by atoms with E-state index in [1.54, 1.807) is 23.8 Å². The van der Waals surface area contributed by atoms with Crippen LogP contribution in [-0.2, 0) is 0 Å². The molecular formula is C16H15FN4S. The summed E-state index contributed by atoms with van der Waals surface area (Å²) in [6.07, 6.45) is 3.87. The van der Waals surface area contributed by atoms with Gasteiger partial charge in [0.15, 0.2) is 0 Å². The molecule has 1 aliphatic heterocycles. The topological polar surface area (TPSA) is 41.9 Å². The van der Waals surface area contributed by atoms with Gasteiger partial charge in [0, 0.05) is 13.1 Å². The highest BCUT2D eigenvalue weighted by Gasteiger charge is 2.22. The third-order valence-electron chi connectivity index (χ3n) is 4.20. The van der Waals surface area contributed by atoms with Crippen LogP contribution >= 0.6 is 11.3 Å². The Hall–Kier alpha value is -2.08. The Morgan fingerprint density at radius 3 is 2.64 bits per heavy atom. The predicted octanol–water partition coefficient (Wildman–Crippen LogP) is 3.61. The molecule has 4 nitrogen and oxygen atoms in total. The zero-order valence-electron chi connectivity index (χ0n) is 11.9. The van der Waals surface area contributed by atoms with Gasteiger partial charge < -0.3 is 4.90 Å². The van der Waals surface area contributed by atoms with Crippen molar-refractivity contribution < 1.29 is 4.39 Å². The fourth-order valence-corrected chi connectivity index (χ4v) is 3.59. The Kier molecular flexibility index (Phi) is 3.46. The van der Waals surface area contributed by atoms with Gasteiger partial charge in [0.2, 0.25) is 5.95 Å². The summed E-state index contributed by atoms with van der Waals surface area (Å²) in [5.74, 6) is 1.10. The Bertz CT molecular complexity index is 778. The van der Waals surface area contributed by atoms with E-state index >= 15 is 0 Å². The van der Waals surface area contributed by atoms with E-state index in [-0.39, 0.29) is 5.82 Å². The van der Waals surface area contributed by atoms with Gasteiger partial charge in [-0.3, -0.25) is 0 Å². The van der Waals surface area contributed by atoms with E-state index in [0.717, 1.165) is 42.2 Å². The number of nitrogens with zero attached hydrogens (tertiary/aromatic N) is 4. The molecule has 22 heavy (non-hydrogen) atoms. The molecule has 0 amide bonds. The normalized spacial score (nSPS) is 16.3. The first-order valence-electron chi connectivity index (χ1n) is 7.36. The number of halogens is 1. The summed E-state index contributed by atoms with van der Waals surface area (Å²) in [7, 11) is 0. The number of hydrogen-bond donors (Lipinski definition) is 0. The number of fused-ring (bicyclic) bond motifs is 1. The van der Waals surface area contributed by atoms with E-state index in [9.17, 15) is 4.39 Å². The zero-order chi connectivity index (χ0) is 14.9. The quantitative estimate of drug-likeness (QED) is 0.724. The minimum Gasteiger partial charge on any atom is -0.341 e. The molecule has 6 heteroatoms. The largest absolute Gasteiger partial charge is 0.341 e. The van der Waals surface area contributed by atoms with Gasteiger partial charge in [0.05, 0.1) is 11.7 Å². The van der Waals surface area contributed by atoms with Crippen LogP contribution in [0.4, 0.5) is 10.3 Å². The molecular weight excluding hydrogens is 299 g/mol. The first-order chi connectivity index (χ1) is 10.8. The molecule has 0 bridgehead atoms. The summed E-state index contributed by atoms with van der Waals surface area (Å²) >= 11 is 1.54. The van der Waals surface area contributed by atoms with E-state index in [4.69, 9.17) is 0 Å². The van der Waals surface area contributed by atoms with Crippen LogP contribution in [0.2, 0.25) is 0 Å². The molecule has 0 atom stereocenters. The van der Waals surface area contributed by atoms with Crippen molar-refractivity contribution in [3.05, 3.63) is 47.4 Å². The lowest BCUT2D eigenvalue weighted by atomic mass is 9.89. The van der Waals surface area contributed by atoms with Gasteiger partial charge in [0.25, 0.3) is 0 Å². The Morgan fingerprint density at radius 2 is 1.86 bits per heavy atom. The van der Waals surface area contributed by atoms with Crippen molar-refractivity contribution in [2.24, 2.45) is 0 Å². The molecule has 112 valence electrons. The summed E-state index contributed by atoms with van der Waals surface area (Å²) < 4.78 is 13.0. The maximum Gasteiger partial charge on any atom is 0.226 e. The van der Waals surface area contributed by atoms with Crippen molar-refractivity contribution in [2.45, 2.75) is 18.8 Å². The SMILES string of the molecule is Fc1ccc(C2CCN(c3ncc4ncsc4n3)CC2)cc1. The second-order valence-corrected chi connectivity index (χ2v) is 6.36. The number of anilines is 1. The summed E-state index contributed by atoms with van der Waals surface area (Å²) in [6.45, 7) is 1.85. The first kappa shape index (κ1) is 13.6. The van der Waals surface area contributed by atoms with Crippen molar-refractivity contribution in [1.29, 1.82) is 0 Å². The summed E-state index contributed by atoms with van der Waals surface area (Å²) in [5.41, 5.74) is 3.87. The fraction of sp³-hybridized carbons (Fsp3) is 0.312. The molecule has 0 saturated carbocycles. The lowest BCUT2D eigenvalue weighted by molar-refractivity contribution is 0.499. The number of hydrogen-bond acceptors (Lipinski definition) is 5. The monoisotopic (exact) mass is 314 g/mol. The third kappa shape index (κ3) is 2.54. The molecule has 1 saturated heterocycles. The highest BCUT2D eigenvalue weighted by molar-refractivity contribution is 7.16. The van der Waals surface area contributed by atoms with Gasteiger partial charge in [-0.25, -0.2) is 19.3 Å². The smallest absolute Gasteiger partial charge is 0.226 e. The predicted molar refractivity (Wildman–Crippen MR) is 85.8 cm³/mol. The van der Waals surface area contributed by atoms with Crippen molar-refractivity contribution >= 4 is 27.6 Å². The van der Waals surface area contributed by atoms with Crippen LogP contribution in [0, 0.1) is 5.82 Å². The Balaban J connectivity index is 1.47. The van der Waals surface area contributed by atoms with E-state index in [1.165, 1.54) is 16.9 Å². The maximum absolute atomic E-state index is 13.0. The average molecular weight is 314 g/mol. The van der Waals surface area contributed by atoms with Crippen molar-refractivity contribution in [3.63, 3.8) is 0 Å². The standard InChI is InChI=1S/C16H15FN4S/c17-13-3-1-11(2-4-13)12-5-7-21(8-6-12)16-18-9-14-15(20-16)22-10-19-14/h1-4,9-10,12H,5-8H2. The first-order valence-corrected chi connectivity index (χ1v) is 8.24. The molecule has 0 aliphatic carbocycles. The average Bonchev–Trinajstić information content (AvgIpc) is 3.03. The summed E-state index contributed by atoms with van der Waals surface area (Å²) in [6, 6.07) is 6.89. The van der Waals surface area contributed by atoms with E-state index in [0.29, 0.717) is 5.92 Å². The molecule has 0 unspecified atom stereocenters. The Labute approximate surface area is 131 Å². The molecule has 2 aromatic heterocycles. The second kappa shape index (κ2) is 5.61. The molecule has 1 aromatic carbocycles. The highest BCUT2D eigenvalue weighted by atomic mass is 32.1. The van der Waals surface area contributed by atoms with E-state index in [1.807, 2.05) is 12.1 Å². The van der Waals surface area contributed by atoms with Gasteiger partial charge >= 0.3 is 0 Å². The summed E-state index contributed by atoms with van der Waals surface area (Å²) in [5, 5.41) is 0. The molecule has 1 aliphatic rings. The van der Waals surface area contributed by atoms with Crippen LogP contribution in [0.25, 0.3) is 10.3 Å². The Morgan fingerprint density at radius 1 is 1.09 bits per heavy atom. The van der Waals surface area contributed by atoms with Crippen LogP contribution in [0.3, 0.4) is 0 Å². The van der Waals surface area contributed by atoms with Crippen molar-refractivity contribution in [3.8, 4) is 0 Å². The van der Waals surface area contributed by atoms with E-state index < -0.39 is 0 Å². The second-order valence-electron chi connectivity index (χ2n) is 5.53. The maximum atomic E-state index is 13.0. The van der Waals surface area contributed by atoms with Gasteiger partial charge in [0.1, 0.15) is 16.2 Å². The highest BCUT2D eigenvalue weighted by Crippen LogP contribution is 2.30. The number of rotatable bonds is 2.